The first kappa shape index (κ1) is 25.2. The molecule has 0 radical (unpaired) electrons. The summed E-state index contributed by atoms with van der Waals surface area (Å²) in [5, 5.41) is 2.25. The highest BCUT2D eigenvalue weighted by Gasteiger charge is 2.42. The highest BCUT2D eigenvalue weighted by Crippen LogP contribution is 2.22. The van der Waals surface area contributed by atoms with Crippen LogP contribution in [-0.4, -0.2) is 48.9 Å². The quantitative estimate of drug-likeness (QED) is 0.429. The van der Waals surface area contributed by atoms with E-state index in [0.29, 0.717) is 5.56 Å². The third-order valence-electron chi connectivity index (χ3n) is 3.64. The topological polar surface area (TPSA) is 106 Å². The molecule has 168 valence electrons. The fraction of sp³-hybridized carbons (Fsp3) is 0.526. The molecule has 1 aromatic carbocycles. The van der Waals surface area contributed by atoms with Gasteiger partial charge in [0.15, 0.2) is 0 Å². The molecule has 0 fully saturated rings. The number of benzene rings is 1. The van der Waals surface area contributed by atoms with Gasteiger partial charge in [-0.25, -0.2) is 15.0 Å². The summed E-state index contributed by atoms with van der Waals surface area (Å²) < 4.78 is 49.2. The molecule has 0 aliphatic heterocycles. The van der Waals surface area contributed by atoms with Gasteiger partial charge in [0.1, 0.15) is 17.7 Å². The SMILES string of the molecule is COC(=O)C(Cc1ccccc1)NC(=O)CC(NNC(=O)OC(C)(C)C)C(F)(F)F. The Morgan fingerprint density at radius 1 is 1.07 bits per heavy atom. The van der Waals surface area contributed by atoms with E-state index in [9.17, 15) is 27.6 Å². The van der Waals surface area contributed by atoms with Crippen molar-refractivity contribution in [1.82, 2.24) is 16.2 Å². The first-order valence-corrected chi connectivity index (χ1v) is 9.04. The zero-order chi connectivity index (χ0) is 22.9. The van der Waals surface area contributed by atoms with Crippen LogP contribution in [0.1, 0.15) is 32.8 Å². The fourth-order valence-corrected chi connectivity index (χ4v) is 2.32. The van der Waals surface area contributed by atoms with Crippen LogP contribution < -0.4 is 16.2 Å². The van der Waals surface area contributed by atoms with E-state index in [0.717, 1.165) is 7.11 Å². The normalized spacial score (nSPS) is 13.7. The van der Waals surface area contributed by atoms with E-state index in [1.54, 1.807) is 62.0 Å². The average molecular weight is 433 g/mol. The molecule has 1 rings (SSSR count). The monoisotopic (exact) mass is 433 g/mol. The van der Waals surface area contributed by atoms with E-state index in [1.165, 1.54) is 0 Å². The smallest absolute Gasteiger partial charge is 0.422 e. The summed E-state index contributed by atoms with van der Waals surface area (Å²) in [5.41, 5.74) is 3.30. The van der Waals surface area contributed by atoms with Gasteiger partial charge in [-0.15, -0.1) is 0 Å². The summed E-state index contributed by atoms with van der Waals surface area (Å²) in [6.45, 7) is 4.63. The summed E-state index contributed by atoms with van der Waals surface area (Å²) in [4.78, 5) is 35.7. The van der Waals surface area contributed by atoms with Crippen LogP contribution in [0.2, 0.25) is 0 Å². The third kappa shape index (κ3) is 9.59. The van der Waals surface area contributed by atoms with Crippen molar-refractivity contribution in [3.05, 3.63) is 35.9 Å². The lowest BCUT2D eigenvalue weighted by molar-refractivity contribution is -0.164. The zero-order valence-corrected chi connectivity index (χ0v) is 17.1. The minimum absolute atomic E-state index is 0.0412. The Labute approximate surface area is 172 Å². The molecule has 0 aliphatic rings. The molecule has 2 unspecified atom stereocenters. The molecule has 3 N–H and O–H groups in total. The zero-order valence-electron chi connectivity index (χ0n) is 17.1. The molecule has 0 saturated carbocycles. The van der Waals surface area contributed by atoms with Crippen LogP contribution in [0.4, 0.5) is 18.0 Å². The number of ether oxygens (including phenoxy) is 2. The Bertz CT molecular complexity index is 720. The highest BCUT2D eigenvalue weighted by molar-refractivity contribution is 5.85. The number of alkyl halides is 3. The molecule has 0 saturated heterocycles. The van der Waals surface area contributed by atoms with Crippen LogP contribution >= 0.6 is 0 Å². The van der Waals surface area contributed by atoms with E-state index in [2.05, 4.69) is 10.1 Å². The molecule has 2 amide bonds. The number of esters is 1. The van der Waals surface area contributed by atoms with Crippen molar-refractivity contribution < 1.29 is 37.0 Å². The van der Waals surface area contributed by atoms with E-state index >= 15 is 0 Å². The molecule has 0 aliphatic carbocycles. The van der Waals surface area contributed by atoms with Crippen LogP contribution in [0.25, 0.3) is 0 Å². The minimum atomic E-state index is -4.85. The number of methoxy groups -OCH3 is 1. The maximum atomic E-state index is 13.3. The molecule has 11 heteroatoms. The number of carbonyl (C=O) groups is 3. The van der Waals surface area contributed by atoms with Gasteiger partial charge in [-0.1, -0.05) is 30.3 Å². The van der Waals surface area contributed by atoms with Gasteiger partial charge in [0, 0.05) is 6.42 Å². The minimum Gasteiger partial charge on any atom is -0.467 e. The molecular formula is C19H26F3N3O5. The largest absolute Gasteiger partial charge is 0.467 e. The van der Waals surface area contributed by atoms with Crippen LogP contribution in [-0.2, 0) is 25.5 Å². The Morgan fingerprint density at radius 2 is 1.67 bits per heavy atom. The summed E-state index contributed by atoms with van der Waals surface area (Å²) in [6, 6.07) is 5.03. The van der Waals surface area contributed by atoms with Gasteiger partial charge >= 0.3 is 18.2 Å². The fourth-order valence-electron chi connectivity index (χ4n) is 2.32. The molecular weight excluding hydrogens is 407 g/mol. The highest BCUT2D eigenvalue weighted by atomic mass is 19.4. The number of nitrogens with one attached hydrogen (secondary N) is 3. The van der Waals surface area contributed by atoms with Gasteiger partial charge in [-0.05, 0) is 26.3 Å². The predicted molar refractivity (Wildman–Crippen MR) is 101 cm³/mol. The number of amides is 2. The number of carbonyl (C=O) groups excluding carboxylic acids is 3. The number of hydrogen-bond acceptors (Lipinski definition) is 6. The van der Waals surface area contributed by atoms with Crippen molar-refractivity contribution in [3.63, 3.8) is 0 Å². The molecule has 1 aromatic rings. The van der Waals surface area contributed by atoms with Gasteiger partial charge in [-0.2, -0.15) is 13.2 Å². The second-order valence-corrected chi connectivity index (χ2v) is 7.40. The molecule has 0 spiro atoms. The van der Waals surface area contributed by atoms with Gasteiger partial charge in [-0.3, -0.25) is 10.2 Å². The summed E-state index contributed by atoms with van der Waals surface area (Å²) in [6.07, 6.45) is -7.03. The lowest BCUT2D eigenvalue weighted by atomic mass is 10.1. The number of halogens is 3. The third-order valence-corrected chi connectivity index (χ3v) is 3.64. The first-order chi connectivity index (χ1) is 13.8. The van der Waals surface area contributed by atoms with Crippen LogP contribution in [0.3, 0.4) is 0 Å². The van der Waals surface area contributed by atoms with E-state index in [-0.39, 0.29) is 6.42 Å². The second kappa shape index (κ2) is 10.8. The number of hydrazine groups is 1. The standard InChI is InChI=1S/C19H26F3N3O5/c1-18(2,3)30-17(28)25-24-14(19(20,21)22)11-15(26)23-13(16(27)29-4)10-12-8-6-5-7-9-12/h5-9,13-14,24H,10-11H2,1-4H3,(H,23,26)(H,25,28). The van der Waals surface area contributed by atoms with E-state index < -0.39 is 48.3 Å². The summed E-state index contributed by atoms with van der Waals surface area (Å²) in [5.74, 6) is -1.85. The Morgan fingerprint density at radius 3 is 2.17 bits per heavy atom. The molecule has 30 heavy (non-hydrogen) atoms. The predicted octanol–water partition coefficient (Wildman–Crippen LogP) is 2.24. The molecule has 0 aromatic heterocycles. The van der Waals surface area contributed by atoms with Gasteiger partial charge in [0.25, 0.3) is 0 Å². The van der Waals surface area contributed by atoms with Gasteiger partial charge in [0.2, 0.25) is 5.91 Å². The molecule has 0 heterocycles. The Balaban J connectivity index is 2.76. The maximum Gasteiger partial charge on any atom is 0.422 e. The summed E-state index contributed by atoms with van der Waals surface area (Å²) in [7, 11) is 1.11. The average Bonchev–Trinajstić information content (AvgIpc) is 2.62. The first-order valence-electron chi connectivity index (χ1n) is 9.04. The number of rotatable bonds is 8. The van der Waals surface area contributed by atoms with E-state index in [1.807, 2.05) is 0 Å². The lowest BCUT2D eigenvalue weighted by Crippen LogP contribution is -2.54. The Kier molecular flexibility index (Phi) is 9.09. The van der Waals surface area contributed by atoms with Crippen molar-refractivity contribution in [2.45, 2.75) is 57.5 Å². The van der Waals surface area contributed by atoms with Crippen molar-refractivity contribution in [3.8, 4) is 0 Å². The van der Waals surface area contributed by atoms with Gasteiger partial charge < -0.3 is 14.8 Å². The maximum absolute atomic E-state index is 13.3. The van der Waals surface area contributed by atoms with Crippen LogP contribution in [0, 0.1) is 0 Å². The summed E-state index contributed by atoms with van der Waals surface area (Å²) >= 11 is 0. The molecule has 8 nitrogen and oxygen atoms in total. The van der Waals surface area contributed by atoms with Crippen molar-refractivity contribution in [1.29, 1.82) is 0 Å². The number of hydrogen-bond donors (Lipinski definition) is 3. The molecule has 2 atom stereocenters. The van der Waals surface area contributed by atoms with Crippen molar-refractivity contribution >= 4 is 18.0 Å². The lowest BCUT2D eigenvalue weighted by Gasteiger charge is -2.24. The van der Waals surface area contributed by atoms with Gasteiger partial charge in [0.05, 0.1) is 13.5 Å². The van der Waals surface area contributed by atoms with Crippen molar-refractivity contribution in [2.24, 2.45) is 0 Å². The molecule has 0 bridgehead atoms. The second-order valence-electron chi connectivity index (χ2n) is 7.40. The van der Waals surface area contributed by atoms with E-state index in [4.69, 9.17) is 4.74 Å². The Hall–Kier alpha value is -2.82. The van der Waals surface area contributed by atoms with Crippen molar-refractivity contribution in [2.75, 3.05) is 7.11 Å². The van der Waals surface area contributed by atoms with Crippen LogP contribution in [0.15, 0.2) is 30.3 Å². The van der Waals surface area contributed by atoms with Crippen LogP contribution in [0.5, 0.6) is 0 Å².